The molecule has 0 amide bonds. The average molecular weight is 694 g/mol. The number of rotatable bonds is 5. The Hall–Kier alpha value is -6.84. The van der Waals surface area contributed by atoms with E-state index in [4.69, 9.17) is 8.83 Å². The second kappa shape index (κ2) is 11.6. The van der Waals surface area contributed by atoms with Crippen molar-refractivity contribution in [3.8, 4) is 33.4 Å². The summed E-state index contributed by atoms with van der Waals surface area (Å²) in [6, 6.07) is 62.9. The first-order valence-corrected chi connectivity index (χ1v) is 18.6. The van der Waals surface area contributed by atoms with E-state index in [1.165, 1.54) is 33.4 Å². The minimum atomic E-state index is -0.112. The largest absolute Gasteiger partial charge is 0.456 e. The van der Waals surface area contributed by atoms with E-state index in [9.17, 15) is 0 Å². The smallest absolute Gasteiger partial charge is 0.144 e. The standard InChI is InChI=1S/C51H35NO2/c1-51(2)43-17-9-6-14-38(43)39-29-28-37(30-44(39)51)52(35-24-20-33(21-25-35)32-12-4-3-5-13-32)36-26-22-34(23-27-36)48-49-41-16-8-11-19-46(41)53-47(49)31-42-40-15-7-10-18-45(40)54-50(42)48/h3-31H,1-2H3. The van der Waals surface area contributed by atoms with Gasteiger partial charge in [-0.05, 0) is 93.5 Å². The second-order valence-corrected chi connectivity index (χ2v) is 14.9. The molecule has 0 N–H and O–H groups in total. The average Bonchev–Trinajstić information content (AvgIpc) is 3.85. The summed E-state index contributed by atoms with van der Waals surface area (Å²) in [5.74, 6) is 0. The molecule has 3 nitrogen and oxygen atoms in total. The zero-order chi connectivity index (χ0) is 36.0. The molecular weight excluding hydrogens is 659 g/mol. The maximum absolute atomic E-state index is 6.67. The van der Waals surface area contributed by atoms with Crippen molar-refractivity contribution < 1.29 is 8.83 Å². The van der Waals surface area contributed by atoms with Gasteiger partial charge < -0.3 is 13.7 Å². The third kappa shape index (κ3) is 4.55. The molecule has 0 radical (unpaired) electrons. The number of furan rings is 2. The van der Waals surface area contributed by atoms with Gasteiger partial charge in [-0.25, -0.2) is 0 Å². The van der Waals surface area contributed by atoms with Crippen molar-refractivity contribution in [3.63, 3.8) is 0 Å². The zero-order valence-electron chi connectivity index (χ0n) is 30.0. The van der Waals surface area contributed by atoms with Crippen molar-refractivity contribution >= 4 is 60.9 Å². The van der Waals surface area contributed by atoms with E-state index in [1.807, 2.05) is 24.3 Å². The predicted molar refractivity (Wildman–Crippen MR) is 224 cm³/mol. The molecule has 0 aliphatic heterocycles. The number of para-hydroxylation sites is 2. The molecule has 0 bridgehead atoms. The first-order valence-electron chi connectivity index (χ1n) is 18.6. The fraction of sp³-hybridized carbons (Fsp3) is 0.0588. The van der Waals surface area contributed by atoms with E-state index in [0.717, 1.165) is 72.1 Å². The van der Waals surface area contributed by atoms with Crippen LogP contribution >= 0.6 is 0 Å². The van der Waals surface area contributed by atoms with Crippen molar-refractivity contribution in [1.29, 1.82) is 0 Å². The van der Waals surface area contributed by atoms with Crippen molar-refractivity contribution in [2.45, 2.75) is 19.3 Å². The van der Waals surface area contributed by atoms with Gasteiger partial charge in [0.25, 0.3) is 0 Å². The van der Waals surface area contributed by atoms with Gasteiger partial charge in [-0.1, -0.05) is 135 Å². The Bertz CT molecular complexity index is 3050. The summed E-state index contributed by atoms with van der Waals surface area (Å²) in [5, 5.41) is 4.28. The fourth-order valence-electron chi connectivity index (χ4n) is 8.83. The molecule has 1 aliphatic rings. The maximum atomic E-state index is 6.67. The quantitative estimate of drug-likeness (QED) is 0.180. The Balaban J connectivity index is 1.09. The summed E-state index contributed by atoms with van der Waals surface area (Å²) in [4.78, 5) is 2.38. The van der Waals surface area contributed by atoms with Crippen LogP contribution in [0.1, 0.15) is 25.0 Å². The highest BCUT2D eigenvalue weighted by molar-refractivity contribution is 6.23. The zero-order valence-corrected chi connectivity index (χ0v) is 30.0. The van der Waals surface area contributed by atoms with Gasteiger partial charge in [-0.3, -0.25) is 0 Å². The molecule has 0 saturated carbocycles. The van der Waals surface area contributed by atoms with Gasteiger partial charge in [-0.2, -0.15) is 0 Å². The van der Waals surface area contributed by atoms with Crippen LogP contribution in [0.3, 0.4) is 0 Å². The lowest BCUT2D eigenvalue weighted by Gasteiger charge is -2.28. The van der Waals surface area contributed by atoms with Crippen LogP contribution in [0.25, 0.3) is 77.3 Å². The molecule has 0 spiro atoms. The molecule has 8 aromatic carbocycles. The highest BCUT2D eigenvalue weighted by Gasteiger charge is 2.35. The Kier molecular flexibility index (Phi) is 6.60. The van der Waals surface area contributed by atoms with Gasteiger partial charge in [0.15, 0.2) is 0 Å². The van der Waals surface area contributed by atoms with E-state index in [1.54, 1.807) is 0 Å². The van der Waals surface area contributed by atoms with E-state index in [2.05, 4.69) is 170 Å². The lowest BCUT2D eigenvalue weighted by molar-refractivity contribution is 0.660. The Morgan fingerprint density at radius 3 is 1.74 bits per heavy atom. The molecule has 2 aromatic heterocycles. The molecule has 3 heteroatoms. The monoisotopic (exact) mass is 693 g/mol. The molecule has 0 fully saturated rings. The minimum Gasteiger partial charge on any atom is -0.456 e. The van der Waals surface area contributed by atoms with Crippen LogP contribution in [0.2, 0.25) is 0 Å². The van der Waals surface area contributed by atoms with Gasteiger partial charge in [-0.15, -0.1) is 0 Å². The third-order valence-electron chi connectivity index (χ3n) is 11.5. The Morgan fingerprint density at radius 1 is 0.407 bits per heavy atom. The SMILES string of the molecule is CC1(C)c2ccccc2-c2ccc(N(c3ccc(-c4ccccc4)cc3)c3ccc(-c4c5oc6ccccc6c5cc5oc6ccccc6c45)cc3)cc21. The van der Waals surface area contributed by atoms with E-state index in [0.29, 0.717) is 0 Å². The molecule has 0 atom stereocenters. The van der Waals surface area contributed by atoms with Crippen molar-refractivity contribution in [2.24, 2.45) is 0 Å². The molecular formula is C51H35NO2. The molecule has 11 rings (SSSR count). The predicted octanol–water partition coefficient (Wildman–Crippen LogP) is 14.6. The van der Waals surface area contributed by atoms with Gasteiger partial charge in [0.2, 0.25) is 0 Å². The van der Waals surface area contributed by atoms with Crippen LogP contribution in [0.5, 0.6) is 0 Å². The Morgan fingerprint density at radius 2 is 0.981 bits per heavy atom. The summed E-state index contributed by atoms with van der Waals surface area (Å²) in [6.07, 6.45) is 0. The lowest BCUT2D eigenvalue weighted by Crippen LogP contribution is -2.16. The van der Waals surface area contributed by atoms with Crippen molar-refractivity contribution in [1.82, 2.24) is 0 Å². The van der Waals surface area contributed by atoms with Crippen LogP contribution < -0.4 is 4.90 Å². The molecule has 10 aromatic rings. The van der Waals surface area contributed by atoms with E-state index in [-0.39, 0.29) is 5.41 Å². The van der Waals surface area contributed by atoms with Gasteiger partial charge >= 0.3 is 0 Å². The maximum Gasteiger partial charge on any atom is 0.144 e. The number of benzene rings is 8. The molecule has 2 heterocycles. The lowest BCUT2D eigenvalue weighted by atomic mass is 9.82. The van der Waals surface area contributed by atoms with Crippen LogP contribution in [-0.4, -0.2) is 0 Å². The molecule has 256 valence electrons. The van der Waals surface area contributed by atoms with Crippen LogP contribution in [0, 0.1) is 0 Å². The minimum absolute atomic E-state index is 0.112. The first-order chi connectivity index (χ1) is 26.5. The number of nitrogens with zero attached hydrogens (tertiary/aromatic N) is 1. The fourth-order valence-corrected chi connectivity index (χ4v) is 8.83. The summed E-state index contributed by atoms with van der Waals surface area (Å²) in [7, 11) is 0. The number of hydrogen-bond acceptors (Lipinski definition) is 3. The normalized spacial score (nSPS) is 13.1. The van der Waals surface area contributed by atoms with Crippen molar-refractivity contribution in [2.75, 3.05) is 4.90 Å². The number of anilines is 3. The number of hydrogen-bond donors (Lipinski definition) is 0. The van der Waals surface area contributed by atoms with Gasteiger partial charge in [0.1, 0.15) is 22.3 Å². The van der Waals surface area contributed by atoms with E-state index >= 15 is 0 Å². The molecule has 0 saturated heterocycles. The summed E-state index contributed by atoms with van der Waals surface area (Å²) in [5.41, 5.74) is 16.5. The van der Waals surface area contributed by atoms with Crippen LogP contribution in [0.15, 0.2) is 185 Å². The number of fused-ring (bicyclic) bond motifs is 9. The topological polar surface area (TPSA) is 29.5 Å². The summed E-state index contributed by atoms with van der Waals surface area (Å²) in [6.45, 7) is 4.68. The van der Waals surface area contributed by atoms with Crippen LogP contribution in [-0.2, 0) is 5.41 Å². The van der Waals surface area contributed by atoms with Gasteiger partial charge in [0.05, 0.1) is 0 Å². The van der Waals surface area contributed by atoms with Crippen LogP contribution in [0.4, 0.5) is 17.1 Å². The summed E-state index contributed by atoms with van der Waals surface area (Å²) >= 11 is 0. The molecule has 0 unspecified atom stereocenters. The Labute approximate surface area is 313 Å². The molecule has 54 heavy (non-hydrogen) atoms. The van der Waals surface area contributed by atoms with E-state index < -0.39 is 0 Å². The first kappa shape index (κ1) is 30.8. The highest BCUT2D eigenvalue weighted by Crippen LogP contribution is 2.51. The highest BCUT2D eigenvalue weighted by atomic mass is 16.3. The third-order valence-corrected chi connectivity index (χ3v) is 11.5. The van der Waals surface area contributed by atoms with Crippen molar-refractivity contribution in [3.05, 3.63) is 187 Å². The van der Waals surface area contributed by atoms with Gasteiger partial charge in [0, 0.05) is 49.6 Å². The second-order valence-electron chi connectivity index (χ2n) is 14.9. The molecule has 1 aliphatic carbocycles. The summed E-state index contributed by atoms with van der Waals surface area (Å²) < 4.78 is 13.2.